The molecule has 0 saturated carbocycles. The molecule has 0 N–H and O–H groups in total. The van der Waals surface area contributed by atoms with Crippen LogP contribution in [0.1, 0.15) is 0 Å². The molecule has 5 heteroatoms. The molecule has 4 nitrogen and oxygen atoms in total. The molecule has 1 aliphatic heterocycles. The fourth-order valence-corrected chi connectivity index (χ4v) is 11.0. The molecule has 0 bridgehead atoms. The van der Waals surface area contributed by atoms with Gasteiger partial charge in [0.2, 0.25) is 5.95 Å². The van der Waals surface area contributed by atoms with Crippen molar-refractivity contribution in [3.8, 4) is 50.7 Å². The molecular weight excluding hydrogens is 642 g/mol. The van der Waals surface area contributed by atoms with Gasteiger partial charge in [0.05, 0.1) is 22.4 Å². The fraction of sp³-hybridized carbons (Fsp3) is 0. The van der Waals surface area contributed by atoms with Crippen molar-refractivity contribution >= 4 is 44.9 Å². The number of hydrogen-bond acceptors (Lipinski definition) is 3. The number of aromatic nitrogens is 3. The van der Waals surface area contributed by atoms with Gasteiger partial charge in [0, 0.05) is 37.8 Å². The van der Waals surface area contributed by atoms with Crippen molar-refractivity contribution in [2.75, 3.05) is 0 Å². The van der Waals surface area contributed by atoms with Crippen LogP contribution in [0.15, 0.2) is 182 Å². The molecule has 1 unspecified atom stereocenters. The third-order valence-corrected chi connectivity index (χ3v) is 13.2. The summed E-state index contributed by atoms with van der Waals surface area (Å²) in [6.07, 6.45) is 0. The van der Waals surface area contributed by atoms with Gasteiger partial charge in [0.15, 0.2) is 7.14 Å². The van der Waals surface area contributed by atoms with Crippen LogP contribution in [0.3, 0.4) is 0 Å². The van der Waals surface area contributed by atoms with Crippen molar-refractivity contribution in [1.29, 1.82) is 0 Å². The number of para-hydroxylation sites is 1. The van der Waals surface area contributed by atoms with Gasteiger partial charge in [-0.05, 0) is 40.5 Å². The van der Waals surface area contributed by atoms with Crippen LogP contribution in [0.4, 0.5) is 0 Å². The predicted molar refractivity (Wildman–Crippen MR) is 211 cm³/mol. The van der Waals surface area contributed by atoms with E-state index in [1.165, 1.54) is 5.56 Å². The van der Waals surface area contributed by atoms with E-state index >= 15 is 4.57 Å². The van der Waals surface area contributed by atoms with Crippen LogP contribution < -0.4 is 15.9 Å². The van der Waals surface area contributed by atoms with Gasteiger partial charge in [-0.1, -0.05) is 164 Å². The molecule has 0 saturated heterocycles. The third-order valence-electron chi connectivity index (χ3n) is 10.1. The molecule has 0 radical (unpaired) electrons. The number of fused-ring (bicyclic) bond motifs is 7. The Labute approximate surface area is 295 Å². The van der Waals surface area contributed by atoms with E-state index < -0.39 is 7.14 Å². The quantitative estimate of drug-likeness (QED) is 0.171. The Kier molecular flexibility index (Phi) is 6.74. The van der Waals surface area contributed by atoms with Gasteiger partial charge in [-0.25, -0.2) is 9.97 Å². The zero-order valence-electron chi connectivity index (χ0n) is 27.5. The molecule has 0 aliphatic carbocycles. The summed E-state index contributed by atoms with van der Waals surface area (Å²) >= 11 is 0. The van der Waals surface area contributed by atoms with Gasteiger partial charge in [0.1, 0.15) is 0 Å². The van der Waals surface area contributed by atoms with E-state index in [0.29, 0.717) is 5.95 Å². The standard InChI is InChI=1S/C46H30N3OP/c50-51(35-18-8-3-9-19-35)43-23-13-11-20-36(43)37-28-29-42-44(45(37)51)38-21-10-12-22-41(38)49(42)46-47-39(33-16-6-2-7-17-33)30-40(48-46)34-26-24-32(25-27-34)31-14-4-1-5-15-31/h1-30H. The average Bonchev–Trinajstić information content (AvgIpc) is 3.69. The minimum absolute atomic E-state index is 0.565. The largest absolute Gasteiger partial charge is 0.309 e. The molecule has 240 valence electrons. The molecule has 2 aromatic heterocycles. The Hall–Kier alpha value is -6.35. The van der Waals surface area contributed by atoms with Gasteiger partial charge < -0.3 is 4.57 Å². The van der Waals surface area contributed by atoms with E-state index in [-0.39, 0.29) is 0 Å². The molecule has 1 atom stereocenters. The van der Waals surface area contributed by atoms with E-state index in [9.17, 15) is 0 Å². The molecule has 0 amide bonds. The van der Waals surface area contributed by atoms with E-state index in [0.717, 1.165) is 76.9 Å². The van der Waals surface area contributed by atoms with Crippen molar-refractivity contribution < 1.29 is 4.57 Å². The topological polar surface area (TPSA) is 47.8 Å². The van der Waals surface area contributed by atoms with Gasteiger partial charge in [0.25, 0.3) is 0 Å². The highest BCUT2D eigenvalue weighted by Gasteiger charge is 2.42. The van der Waals surface area contributed by atoms with Crippen LogP contribution in [-0.4, -0.2) is 14.5 Å². The second-order valence-electron chi connectivity index (χ2n) is 12.9. The predicted octanol–water partition coefficient (Wildman–Crippen LogP) is 10.2. The second-order valence-corrected chi connectivity index (χ2v) is 15.6. The number of nitrogens with zero attached hydrogens (tertiary/aromatic N) is 3. The summed E-state index contributed by atoms with van der Waals surface area (Å²) in [4.78, 5) is 10.5. The average molecular weight is 672 g/mol. The van der Waals surface area contributed by atoms with Gasteiger partial charge in [-0.15, -0.1) is 0 Å². The Morgan fingerprint density at radius 1 is 0.451 bits per heavy atom. The van der Waals surface area contributed by atoms with Crippen molar-refractivity contribution in [1.82, 2.24) is 14.5 Å². The summed E-state index contributed by atoms with van der Waals surface area (Å²) in [5, 5.41) is 4.62. The molecule has 9 aromatic rings. The zero-order chi connectivity index (χ0) is 33.9. The van der Waals surface area contributed by atoms with Crippen LogP contribution in [0.2, 0.25) is 0 Å². The Morgan fingerprint density at radius 3 is 1.73 bits per heavy atom. The summed E-state index contributed by atoms with van der Waals surface area (Å²) in [7, 11) is -3.23. The third kappa shape index (κ3) is 4.58. The lowest BCUT2D eigenvalue weighted by Crippen LogP contribution is -2.21. The molecule has 3 heterocycles. The molecule has 10 rings (SSSR count). The van der Waals surface area contributed by atoms with Crippen molar-refractivity contribution in [2.45, 2.75) is 0 Å². The SMILES string of the molecule is O=P1(c2ccccc2)c2ccccc2-c2ccc3c(c21)c1ccccc1n3-c1nc(-c2ccccc2)cc(-c2ccc(-c3ccccc3)cc2)n1. The van der Waals surface area contributed by atoms with Gasteiger partial charge >= 0.3 is 0 Å². The smallest absolute Gasteiger partial charge is 0.235 e. The van der Waals surface area contributed by atoms with Crippen molar-refractivity contribution in [2.24, 2.45) is 0 Å². The normalized spacial score (nSPS) is 14.8. The summed E-state index contributed by atoms with van der Waals surface area (Å²) < 4.78 is 18.0. The first-order chi connectivity index (χ1) is 25.2. The zero-order valence-corrected chi connectivity index (χ0v) is 28.4. The van der Waals surface area contributed by atoms with Gasteiger partial charge in [-0.2, -0.15) is 0 Å². The lowest BCUT2D eigenvalue weighted by atomic mass is 10.0. The number of benzene rings is 7. The highest BCUT2D eigenvalue weighted by molar-refractivity contribution is 7.86. The molecule has 0 spiro atoms. The molecule has 7 aromatic carbocycles. The van der Waals surface area contributed by atoms with Crippen molar-refractivity contribution in [3.63, 3.8) is 0 Å². The number of rotatable bonds is 5. The van der Waals surface area contributed by atoms with Crippen molar-refractivity contribution in [3.05, 3.63) is 182 Å². The summed E-state index contributed by atoms with van der Waals surface area (Å²) in [6.45, 7) is 0. The monoisotopic (exact) mass is 671 g/mol. The Balaban J connectivity index is 1.25. The highest BCUT2D eigenvalue weighted by Crippen LogP contribution is 2.55. The minimum Gasteiger partial charge on any atom is -0.309 e. The van der Waals surface area contributed by atoms with E-state index in [1.807, 2.05) is 78.9 Å². The maximum Gasteiger partial charge on any atom is 0.235 e. The van der Waals surface area contributed by atoms with Crippen LogP contribution in [0.25, 0.3) is 72.5 Å². The van der Waals surface area contributed by atoms with Crippen LogP contribution in [0.5, 0.6) is 0 Å². The van der Waals surface area contributed by atoms with Crippen LogP contribution >= 0.6 is 7.14 Å². The first-order valence-corrected chi connectivity index (χ1v) is 18.8. The van der Waals surface area contributed by atoms with E-state index in [4.69, 9.17) is 9.97 Å². The summed E-state index contributed by atoms with van der Waals surface area (Å²) in [6, 6.07) is 62.1. The lowest BCUT2D eigenvalue weighted by molar-refractivity contribution is 0.593. The van der Waals surface area contributed by atoms with Crippen LogP contribution in [-0.2, 0) is 4.57 Å². The molecular formula is C46H30N3OP. The Bertz CT molecular complexity index is 2810. The highest BCUT2D eigenvalue weighted by atomic mass is 31.2. The maximum atomic E-state index is 15.8. The van der Waals surface area contributed by atoms with E-state index in [2.05, 4.69) is 108 Å². The van der Waals surface area contributed by atoms with Crippen LogP contribution in [0, 0.1) is 0 Å². The first-order valence-electron chi connectivity index (χ1n) is 17.1. The minimum atomic E-state index is -3.23. The second kappa shape index (κ2) is 11.6. The molecule has 0 fully saturated rings. The molecule has 1 aliphatic rings. The lowest BCUT2D eigenvalue weighted by Gasteiger charge is -2.17. The summed E-state index contributed by atoms with van der Waals surface area (Å²) in [5.41, 5.74) is 9.93. The van der Waals surface area contributed by atoms with E-state index in [1.54, 1.807) is 0 Å². The Morgan fingerprint density at radius 2 is 1.00 bits per heavy atom. The maximum absolute atomic E-state index is 15.8. The molecule has 51 heavy (non-hydrogen) atoms. The summed E-state index contributed by atoms with van der Waals surface area (Å²) in [5.74, 6) is 0.565. The van der Waals surface area contributed by atoms with Gasteiger partial charge in [-0.3, -0.25) is 4.57 Å². The first kappa shape index (κ1) is 29.6. The number of hydrogen-bond donors (Lipinski definition) is 0. The fourth-order valence-electron chi connectivity index (χ4n) is 7.71.